The third-order valence-electron chi connectivity index (χ3n) is 4.67. The molecule has 3 rings (SSSR count). The zero-order chi connectivity index (χ0) is 17.5. The van der Waals surface area contributed by atoms with Gasteiger partial charge in [0.1, 0.15) is 0 Å². The molecule has 1 amide bonds. The molecule has 0 fully saturated rings. The van der Waals surface area contributed by atoms with E-state index in [0.717, 1.165) is 50.3 Å². The third-order valence-corrected chi connectivity index (χ3v) is 5.30. The summed E-state index contributed by atoms with van der Waals surface area (Å²) < 4.78 is 0. The minimum Gasteiger partial charge on any atom is -0.352 e. The topological polar surface area (TPSA) is 32.3 Å². The molecule has 4 heteroatoms. The van der Waals surface area contributed by atoms with Gasteiger partial charge in [0.15, 0.2) is 0 Å². The monoisotopic (exact) mass is 354 g/mol. The van der Waals surface area contributed by atoms with E-state index >= 15 is 0 Å². The maximum absolute atomic E-state index is 12.2. The van der Waals surface area contributed by atoms with Gasteiger partial charge in [0, 0.05) is 37.5 Å². The number of hydrogen-bond donors (Lipinski definition) is 1. The van der Waals surface area contributed by atoms with Crippen molar-refractivity contribution in [3.8, 4) is 0 Å². The molecule has 25 heavy (non-hydrogen) atoms. The Morgan fingerprint density at radius 1 is 1.12 bits per heavy atom. The van der Waals surface area contributed by atoms with Crippen molar-refractivity contribution in [1.29, 1.82) is 0 Å². The Hall–Kier alpha value is -1.78. The zero-order valence-corrected chi connectivity index (χ0v) is 15.6. The molecule has 0 atom stereocenters. The van der Waals surface area contributed by atoms with Crippen molar-refractivity contribution < 1.29 is 4.79 Å². The Morgan fingerprint density at radius 3 is 2.64 bits per heavy atom. The van der Waals surface area contributed by atoms with E-state index in [1.165, 1.54) is 16.7 Å². The lowest BCUT2D eigenvalue weighted by Crippen LogP contribution is -2.33. The first-order valence-electron chi connectivity index (χ1n) is 8.91. The molecule has 0 unspecified atom stereocenters. The van der Waals surface area contributed by atoms with E-state index < -0.39 is 0 Å². The fourth-order valence-corrected chi connectivity index (χ4v) is 3.80. The van der Waals surface area contributed by atoms with Crippen LogP contribution in [-0.4, -0.2) is 36.7 Å². The summed E-state index contributed by atoms with van der Waals surface area (Å²) in [6.45, 7) is 3.90. The smallest absolute Gasteiger partial charge is 0.251 e. The second-order valence-corrected chi connectivity index (χ2v) is 7.40. The van der Waals surface area contributed by atoms with Gasteiger partial charge in [0.05, 0.1) is 0 Å². The summed E-state index contributed by atoms with van der Waals surface area (Å²) in [5, 5.41) is 3.04. The minimum atomic E-state index is 0.0275. The highest BCUT2D eigenvalue weighted by atomic mass is 32.2. The largest absolute Gasteiger partial charge is 0.352 e. The Morgan fingerprint density at radius 2 is 1.88 bits per heavy atom. The van der Waals surface area contributed by atoms with Crippen LogP contribution in [0.3, 0.4) is 0 Å². The van der Waals surface area contributed by atoms with Gasteiger partial charge in [0.25, 0.3) is 5.91 Å². The Balaban J connectivity index is 1.39. The first-order valence-corrected chi connectivity index (χ1v) is 10.3. The summed E-state index contributed by atoms with van der Waals surface area (Å²) in [7, 11) is 0. The van der Waals surface area contributed by atoms with Crippen LogP contribution in [0.4, 0.5) is 0 Å². The molecule has 0 saturated carbocycles. The molecular weight excluding hydrogens is 328 g/mol. The average molecular weight is 355 g/mol. The van der Waals surface area contributed by atoms with Crippen LogP contribution in [0.1, 0.15) is 33.5 Å². The van der Waals surface area contributed by atoms with Gasteiger partial charge >= 0.3 is 0 Å². The van der Waals surface area contributed by atoms with Gasteiger partial charge in [-0.05, 0) is 47.9 Å². The number of rotatable bonds is 7. The lowest BCUT2D eigenvalue weighted by atomic mass is 10.00. The highest BCUT2D eigenvalue weighted by Crippen LogP contribution is 2.18. The van der Waals surface area contributed by atoms with Crippen LogP contribution in [-0.2, 0) is 18.7 Å². The van der Waals surface area contributed by atoms with E-state index in [1.807, 2.05) is 24.3 Å². The highest BCUT2D eigenvalue weighted by molar-refractivity contribution is 7.97. The standard InChI is InChI=1S/C21H26N2OS/c1-25-16-17-7-9-19(10-8-17)21(24)22-12-4-13-23-14-11-18-5-2-3-6-20(18)15-23/h2-3,5-10H,4,11-16H2,1H3,(H,22,24). The summed E-state index contributed by atoms with van der Waals surface area (Å²) in [6.07, 6.45) is 4.20. The first kappa shape index (κ1) is 18.0. The molecule has 0 radical (unpaired) electrons. The fraction of sp³-hybridized carbons (Fsp3) is 0.381. The van der Waals surface area contributed by atoms with Crippen molar-refractivity contribution in [3.05, 3.63) is 70.8 Å². The van der Waals surface area contributed by atoms with Crippen molar-refractivity contribution in [2.75, 3.05) is 25.9 Å². The van der Waals surface area contributed by atoms with E-state index in [2.05, 4.69) is 40.7 Å². The molecule has 2 aromatic carbocycles. The van der Waals surface area contributed by atoms with Gasteiger partial charge in [0.2, 0.25) is 0 Å². The van der Waals surface area contributed by atoms with E-state index in [0.29, 0.717) is 0 Å². The molecule has 1 aliphatic rings. The maximum atomic E-state index is 12.2. The van der Waals surface area contributed by atoms with Gasteiger partial charge in [-0.2, -0.15) is 11.8 Å². The van der Waals surface area contributed by atoms with Crippen molar-refractivity contribution in [2.45, 2.75) is 25.1 Å². The molecular formula is C21H26N2OS. The number of carbonyl (C=O) groups is 1. The van der Waals surface area contributed by atoms with Gasteiger partial charge in [-0.3, -0.25) is 9.69 Å². The summed E-state index contributed by atoms with van der Waals surface area (Å²) >= 11 is 1.79. The molecule has 0 saturated heterocycles. The minimum absolute atomic E-state index is 0.0275. The number of nitrogens with zero attached hydrogens (tertiary/aromatic N) is 1. The van der Waals surface area contributed by atoms with Crippen LogP contribution in [0.5, 0.6) is 0 Å². The van der Waals surface area contributed by atoms with Gasteiger partial charge in [-0.25, -0.2) is 0 Å². The molecule has 0 aromatic heterocycles. The summed E-state index contributed by atoms with van der Waals surface area (Å²) in [6, 6.07) is 16.6. The second kappa shape index (κ2) is 9.07. The van der Waals surface area contributed by atoms with E-state index in [-0.39, 0.29) is 5.91 Å². The fourth-order valence-electron chi connectivity index (χ4n) is 3.27. The van der Waals surface area contributed by atoms with Crippen molar-refractivity contribution in [1.82, 2.24) is 10.2 Å². The van der Waals surface area contributed by atoms with E-state index in [9.17, 15) is 4.79 Å². The van der Waals surface area contributed by atoms with Crippen LogP contribution in [0.2, 0.25) is 0 Å². The van der Waals surface area contributed by atoms with E-state index in [4.69, 9.17) is 0 Å². The molecule has 132 valence electrons. The highest BCUT2D eigenvalue weighted by Gasteiger charge is 2.15. The number of thioether (sulfide) groups is 1. The molecule has 1 heterocycles. The number of nitrogens with one attached hydrogen (secondary N) is 1. The van der Waals surface area contributed by atoms with Crippen LogP contribution >= 0.6 is 11.8 Å². The summed E-state index contributed by atoms with van der Waals surface area (Å²) in [5.74, 6) is 1.01. The van der Waals surface area contributed by atoms with Crippen molar-refractivity contribution in [2.24, 2.45) is 0 Å². The SMILES string of the molecule is CSCc1ccc(C(=O)NCCCN2CCc3ccccc3C2)cc1. The lowest BCUT2D eigenvalue weighted by Gasteiger charge is -2.28. The Bertz CT molecular complexity index is 699. The lowest BCUT2D eigenvalue weighted by molar-refractivity contribution is 0.0951. The Kier molecular flexibility index (Phi) is 6.54. The van der Waals surface area contributed by atoms with Gasteiger partial charge in [-0.15, -0.1) is 0 Å². The number of amides is 1. The normalized spacial score (nSPS) is 14.1. The summed E-state index contributed by atoms with van der Waals surface area (Å²) in [5.41, 5.74) is 4.94. The predicted octanol–water partition coefficient (Wildman–Crippen LogP) is 3.73. The van der Waals surface area contributed by atoms with Crippen LogP contribution in [0, 0.1) is 0 Å². The van der Waals surface area contributed by atoms with Crippen molar-refractivity contribution >= 4 is 17.7 Å². The zero-order valence-electron chi connectivity index (χ0n) is 14.8. The van der Waals surface area contributed by atoms with Gasteiger partial charge in [-0.1, -0.05) is 36.4 Å². The molecule has 1 aliphatic heterocycles. The molecule has 0 aliphatic carbocycles. The quantitative estimate of drug-likeness (QED) is 0.769. The number of hydrogen-bond acceptors (Lipinski definition) is 3. The molecule has 0 spiro atoms. The number of benzene rings is 2. The first-order chi connectivity index (χ1) is 12.3. The van der Waals surface area contributed by atoms with Crippen LogP contribution in [0.15, 0.2) is 48.5 Å². The average Bonchev–Trinajstić information content (AvgIpc) is 2.66. The number of fused-ring (bicyclic) bond motifs is 1. The third kappa shape index (κ3) is 5.10. The van der Waals surface area contributed by atoms with E-state index in [1.54, 1.807) is 11.8 Å². The van der Waals surface area contributed by atoms with Gasteiger partial charge < -0.3 is 5.32 Å². The molecule has 2 aromatic rings. The number of carbonyl (C=O) groups excluding carboxylic acids is 1. The van der Waals surface area contributed by atoms with Crippen LogP contribution in [0.25, 0.3) is 0 Å². The van der Waals surface area contributed by atoms with Crippen molar-refractivity contribution in [3.63, 3.8) is 0 Å². The Labute approximate surface area is 154 Å². The molecule has 0 bridgehead atoms. The molecule has 3 nitrogen and oxygen atoms in total. The molecule has 1 N–H and O–H groups in total. The van der Waals surface area contributed by atoms with Crippen LogP contribution < -0.4 is 5.32 Å². The summed E-state index contributed by atoms with van der Waals surface area (Å²) in [4.78, 5) is 14.7. The second-order valence-electron chi connectivity index (χ2n) is 6.53. The maximum Gasteiger partial charge on any atom is 0.251 e. The predicted molar refractivity (Wildman–Crippen MR) is 106 cm³/mol.